The average Bonchev–Trinajstić information content (AvgIpc) is 2.45. The van der Waals surface area contributed by atoms with Gasteiger partial charge in [0.05, 0.1) is 19.3 Å². The smallest absolute Gasteiger partial charge is 0.254 e. The van der Waals surface area contributed by atoms with Crippen molar-refractivity contribution in [2.75, 3.05) is 32.0 Å². The summed E-state index contributed by atoms with van der Waals surface area (Å²) in [6, 6.07) is 3.27. The lowest BCUT2D eigenvalue weighted by Gasteiger charge is -2.31. The second kappa shape index (κ2) is 6.49. The van der Waals surface area contributed by atoms with Crippen LogP contribution in [0.4, 0.5) is 5.82 Å². The van der Waals surface area contributed by atoms with Gasteiger partial charge in [-0.15, -0.1) is 0 Å². The fourth-order valence-electron chi connectivity index (χ4n) is 2.21. The lowest BCUT2D eigenvalue weighted by molar-refractivity contribution is -0.00554. The minimum absolute atomic E-state index is 0.0188. The zero-order valence-electron chi connectivity index (χ0n) is 10.8. The number of nitrogens with two attached hydrogens (primary N) is 1. The Morgan fingerprint density at radius 2 is 2.26 bits per heavy atom. The number of nitrogens with zero attached hydrogens (tertiary/aromatic N) is 2. The number of ether oxygens (including phenoxy) is 1. The highest BCUT2D eigenvalue weighted by molar-refractivity contribution is 5.94. The molecule has 2 heterocycles. The van der Waals surface area contributed by atoms with E-state index in [-0.39, 0.29) is 18.6 Å². The molecule has 0 unspecified atom stereocenters. The number of carbonyl (C=O) groups excluding carboxylic acids is 1. The summed E-state index contributed by atoms with van der Waals surface area (Å²) in [6.07, 6.45) is 3.27. The highest BCUT2D eigenvalue weighted by atomic mass is 16.5. The van der Waals surface area contributed by atoms with Crippen molar-refractivity contribution in [3.8, 4) is 0 Å². The molecule has 0 aromatic carbocycles. The summed E-state index contributed by atoms with van der Waals surface area (Å²) in [5.74, 6) is 0.335. The van der Waals surface area contributed by atoms with Crippen molar-refractivity contribution in [2.45, 2.75) is 18.9 Å². The maximum absolute atomic E-state index is 12.2. The minimum Gasteiger partial charge on any atom is -0.394 e. The SMILES string of the molecule is Nc1cc(C(=O)N2CCC(OCCO)CC2)ccn1. The largest absolute Gasteiger partial charge is 0.394 e. The number of pyridine rings is 1. The van der Waals surface area contributed by atoms with Crippen LogP contribution in [-0.4, -0.2) is 53.3 Å². The van der Waals surface area contributed by atoms with Crippen LogP contribution in [0, 0.1) is 0 Å². The number of carbonyl (C=O) groups is 1. The molecule has 6 nitrogen and oxygen atoms in total. The number of nitrogen functional groups attached to an aromatic ring is 1. The van der Waals surface area contributed by atoms with Gasteiger partial charge in [-0.05, 0) is 25.0 Å². The molecule has 104 valence electrons. The molecule has 1 aliphatic heterocycles. The molecular formula is C13H19N3O3. The first kappa shape index (κ1) is 13.8. The van der Waals surface area contributed by atoms with E-state index in [0.29, 0.717) is 31.1 Å². The number of hydrogen-bond acceptors (Lipinski definition) is 5. The van der Waals surface area contributed by atoms with Crippen molar-refractivity contribution in [3.05, 3.63) is 23.9 Å². The summed E-state index contributed by atoms with van der Waals surface area (Å²) in [5, 5.41) is 8.70. The number of amides is 1. The first-order valence-electron chi connectivity index (χ1n) is 6.44. The van der Waals surface area contributed by atoms with E-state index in [1.165, 1.54) is 0 Å². The maximum Gasteiger partial charge on any atom is 0.254 e. The molecule has 0 saturated carbocycles. The number of aliphatic hydroxyl groups excluding tert-OH is 1. The molecule has 1 saturated heterocycles. The minimum atomic E-state index is -0.0188. The molecule has 0 radical (unpaired) electrons. The van der Waals surface area contributed by atoms with Crippen LogP contribution < -0.4 is 5.73 Å². The van der Waals surface area contributed by atoms with Gasteiger partial charge >= 0.3 is 0 Å². The summed E-state index contributed by atoms with van der Waals surface area (Å²) >= 11 is 0. The van der Waals surface area contributed by atoms with Gasteiger partial charge in [0, 0.05) is 24.8 Å². The molecule has 2 rings (SSSR count). The Hall–Kier alpha value is -1.66. The topological polar surface area (TPSA) is 88.7 Å². The Balaban J connectivity index is 1.89. The molecule has 19 heavy (non-hydrogen) atoms. The number of aliphatic hydroxyl groups is 1. The zero-order chi connectivity index (χ0) is 13.7. The third-order valence-corrected chi connectivity index (χ3v) is 3.20. The van der Waals surface area contributed by atoms with E-state index in [1.807, 2.05) is 0 Å². The first-order valence-corrected chi connectivity index (χ1v) is 6.44. The van der Waals surface area contributed by atoms with Crippen molar-refractivity contribution in [3.63, 3.8) is 0 Å². The van der Waals surface area contributed by atoms with Crippen LogP contribution in [0.3, 0.4) is 0 Å². The van der Waals surface area contributed by atoms with Gasteiger partial charge in [-0.3, -0.25) is 4.79 Å². The molecule has 0 aliphatic carbocycles. The van der Waals surface area contributed by atoms with E-state index >= 15 is 0 Å². The standard InChI is InChI=1S/C13H19N3O3/c14-12-9-10(1-4-15-12)13(18)16-5-2-11(3-6-16)19-8-7-17/h1,4,9,11,17H,2-3,5-8H2,(H2,14,15). The van der Waals surface area contributed by atoms with Crippen LogP contribution in [0.5, 0.6) is 0 Å². The number of hydrogen-bond donors (Lipinski definition) is 2. The number of anilines is 1. The van der Waals surface area contributed by atoms with Gasteiger partial charge in [0.1, 0.15) is 5.82 Å². The molecule has 1 aromatic rings. The van der Waals surface area contributed by atoms with Crippen molar-refractivity contribution in [1.82, 2.24) is 9.88 Å². The van der Waals surface area contributed by atoms with Crippen LogP contribution >= 0.6 is 0 Å². The van der Waals surface area contributed by atoms with E-state index in [4.69, 9.17) is 15.6 Å². The molecule has 1 fully saturated rings. The average molecular weight is 265 g/mol. The number of rotatable bonds is 4. The predicted octanol–water partition coefficient (Wildman–Crippen LogP) is 0.277. The summed E-state index contributed by atoms with van der Waals surface area (Å²) in [4.78, 5) is 17.9. The Morgan fingerprint density at radius 3 is 2.89 bits per heavy atom. The zero-order valence-corrected chi connectivity index (χ0v) is 10.8. The van der Waals surface area contributed by atoms with E-state index in [9.17, 15) is 4.79 Å². The van der Waals surface area contributed by atoms with Gasteiger partial charge in [-0.1, -0.05) is 0 Å². The highest BCUT2D eigenvalue weighted by Crippen LogP contribution is 2.16. The first-order chi connectivity index (χ1) is 9.20. The third kappa shape index (κ3) is 3.65. The highest BCUT2D eigenvalue weighted by Gasteiger charge is 2.24. The molecule has 0 atom stereocenters. The third-order valence-electron chi connectivity index (χ3n) is 3.20. The second-order valence-corrected chi connectivity index (χ2v) is 4.56. The van der Waals surface area contributed by atoms with Crippen LogP contribution in [0.25, 0.3) is 0 Å². The fourth-order valence-corrected chi connectivity index (χ4v) is 2.21. The van der Waals surface area contributed by atoms with E-state index < -0.39 is 0 Å². The van der Waals surface area contributed by atoms with Crippen molar-refractivity contribution in [1.29, 1.82) is 0 Å². The Morgan fingerprint density at radius 1 is 1.53 bits per heavy atom. The molecule has 1 amide bonds. The van der Waals surface area contributed by atoms with Crippen molar-refractivity contribution >= 4 is 11.7 Å². The maximum atomic E-state index is 12.2. The normalized spacial score (nSPS) is 16.6. The number of likely N-dealkylation sites (tertiary alicyclic amines) is 1. The van der Waals surface area contributed by atoms with Crippen LogP contribution in [-0.2, 0) is 4.74 Å². The Kier molecular flexibility index (Phi) is 4.70. The summed E-state index contributed by atoms with van der Waals surface area (Å²) in [6.45, 7) is 1.73. The Labute approximate surface area is 112 Å². The van der Waals surface area contributed by atoms with Gasteiger partial charge in [0.2, 0.25) is 0 Å². The van der Waals surface area contributed by atoms with E-state index in [0.717, 1.165) is 12.8 Å². The van der Waals surface area contributed by atoms with Crippen LogP contribution in [0.15, 0.2) is 18.3 Å². The van der Waals surface area contributed by atoms with Crippen molar-refractivity contribution in [2.24, 2.45) is 0 Å². The fraction of sp³-hybridized carbons (Fsp3) is 0.538. The number of piperidine rings is 1. The van der Waals surface area contributed by atoms with Gasteiger partial charge in [-0.25, -0.2) is 4.98 Å². The molecule has 0 bridgehead atoms. The van der Waals surface area contributed by atoms with E-state index in [2.05, 4.69) is 4.98 Å². The predicted molar refractivity (Wildman–Crippen MR) is 70.6 cm³/mol. The summed E-state index contributed by atoms with van der Waals surface area (Å²) in [5.41, 5.74) is 6.15. The molecule has 1 aromatic heterocycles. The summed E-state index contributed by atoms with van der Waals surface area (Å²) < 4.78 is 5.47. The molecule has 3 N–H and O–H groups in total. The van der Waals surface area contributed by atoms with Gasteiger partial charge in [0.15, 0.2) is 0 Å². The van der Waals surface area contributed by atoms with Gasteiger partial charge in [-0.2, -0.15) is 0 Å². The lowest BCUT2D eigenvalue weighted by Crippen LogP contribution is -2.41. The molecule has 1 aliphatic rings. The van der Waals surface area contributed by atoms with E-state index in [1.54, 1.807) is 23.2 Å². The molecule has 0 spiro atoms. The molecule has 6 heteroatoms. The van der Waals surface area contributed by atoms with Crippen molar-refractivity contribution < 1.29 is 14.6 Å². The number of aromatic nitrogens is 1. The lowest BCUT2D eigenvalue weighted by atomic mass is 10.1. The van der Waals surface area contributed by atoms with Crippen LogP contribution in [0.2, 0.25) is 0 Å². The monoisotopic (exact) mass is 265 g/mol. The van der Waals surface area contributed by atoms with Gasteiger partial charge < -0.3 is 20.5 Å². The molecular weight excluding hydrogens is 246 g/mol. The Bertz CT molecular complexity index is 431. The quantitative estimate of drug-likeness (QED) is 0.816. The summed E-state index contributed by atoms with van der Waals surface area (Å²) in [7, 11) is 0. The van der Waals surface area contributed by atoms with Crippen LogP contribution in [0.1, 0.15) is 23.2 Å². The van der Waals surface area contributed by atoms with Gasteiger partial charge in [0.25, 0.3) is 5.91 Å². The second-order valence-electron chi connectivity index (χ2n) is 4.56.